The van der Waals surface area contributed by atoms with Gasteiger partial charge in [0.15, 0.2) is 5.82 Å². The largest absolute Gasteiger partial charge is 0.310 e. The first kappa shape index (κ1) is 19.5. The number of nitrogens with one attached hydrogen (secondary N) is 1. The van der Waals surface area contributed by atoms with E-state index in [1.54, 1.807) is 12.1 Å². The highest BCUT2D eigenvalue weighted by Crippen LogP contribution is 2.32. The highest BCUT2D eigenvalue weighted by molar-refractivity contribution is 6.04. The Hall–Kier alpha value is -3.13. The average Bonchev–Trinajstić information content (AvgIpc) is 3.57. The molecule has 2 aliphatic heterocycles. The number of benzene rings is 1. The third-order valence-corrected chi connectivity index (χ3v) is 6.72. The van der Waals surface area contributed by atoms with Crippen LogP contribution >= 0.6 is 0 Å². The summed E-state index contributed by atoms with van der Waals surface area (Å²) >= 11 is 0. The van der Waals surface area contributed by atoms with Gasteiger partial charge in [-0.15, -0.1) is 10.2 Å². The van der Waals surface area contributed by atoms with E-state index in [9.17, 15) is 9.18 Å². The zero-order chi connectivity index (χ0) is 21.7. The first-order valence-electron chi connectivity index (χ1n) is 11.4. The molecule has 0 atom stereocenters. The second-order valence-corrected chi connectivity index (χ2v) is 8.96. The fraction of sp³-hybridized carbons (Fsp3) is 0.417. The van der Waals surface area contributed by atoms with Crippen LogP contribution in [0.25, 0.3) is 11.5 Å². The van der Waals surface area contributed by atoms with Gasteiger partial charge in [0.2, 0.25) is 0 Å². The fourth-order valence-electron chi connectivity index (χ4n) is 4.84. The lowest BCUT2D eigenvalue weighted by Gasteiger charge is -2.29. The van der Waals surface area contributed by atoms with Gasteiger partial charge in [-0.3, -0.25) is 9.69 Å². The van der Waals surface area contributed by atoms with Crippen molar-refractivity contribution in [3.63, 3.8) is 0 Å². The van der Waals surface area contributed by atoms with Crippen LogP contribution in [-0.2, 0) is 25.9 Å². The molecule has 6 rings (SSSR count). The van der Waals surface area contributed by atoms with E-state index in [0.29, 0.717) is 23.4 Å². The van der Waals surface area contributed by atoms with Crippen LogP contribution in [0.5, 0.6) is 0 Å². The molecule has 1 N–H and O–H groups in total. The molecule has 1 fully saturated rings. The average molecular weight is 433 g/mol. The maximum absolute atomic E-state index is 14.8. The van der Waals surface area contributed by atoms with E-state index in [4.69, 9.17) is 0 Å². The van der Waals surface area contributed by atoms with Crippen LogP contribution in [0, 0.1) is 5.82 Å². The molecule has 164 valence electrons. The van der Waals surface area contributed by atoms with Gasteiger partial charge in [0, 0.05) is 32.1 Å². The Bertz CT molecular complexity index is 1200. The minimum atomic E-state index is -0.484. The van der Waals surface area contributed by atoms with Crippen LogP contribution in [0.3, 0.4) is 0 Å². The van der Waals surface area contributed by atoms with Gasteiger partial charge in [-0.05, 0) is 67.5 Å². The van der Waals surface area contributed by atoms with Gasteiger partial charge in [-0.2, -0.15) is 0 Å². The number of aromatic nitrogens is 4. The Morgan fingerprint density at radius 1 is 1.06 bits per heavy atom. The molecule has 1 aliphatic carbocycles. The van der Waals surface area contributed by atoms with Crippen molar-refractivity contribution >= 4 is 11.7 Å². The highest BCUT2D eigenvalue weighted by atomic mass is 19.1. The van der Waals surface area contributed by atoms with Crippen molar-refractivity contribution in [2.24, 2.45) is 0 Å². The third-order valence-electron chi connectivity index (χ3n) is 6.72. The normalized spacial score (nSPS) is 18.2. The molecule has 0 bridgehead atoms. The van der Waals surface area contributed by atoms with E-state index in [1.807, 2.05) is 12.1 Å². The number of rotatable bonds is 4. The molecule has 1 aromatic carbocycles. The quantitative estimate of drug-likeness (QED) is 0.682. The van der Waals surface area contributed by atoms with Crippen molar-refractivity contribution in [3.8, 4) is 11.5 Å². The van der Waals surface area contributed by atoms with E-state index in [-0.39, 0.29) is 5.56 Å². The minimum Gasteiger partial charge on any atom is -0.310 e. The number of aryl methyl sites for hydroxylation is 1. The number of hydrogen-bond donors (Lipinski definition) is 1. The van der Waals surface area contributed by atoms with Gasteiger partial charge >= 0.3 is 0 Å². The van der Waals surface area contributed by atoms with E-state index >= 15 is 0 Å². The molecule has 2 aromatic heterocycles. The molecule has 1 saturated carbocycles. The van der Waals surface area contributed by atoms with Crippen LogP contribution in [0.15, 0.2) is 30.3 Å². The van der Waals surface area contributed by atoms with Crippen molar-refractivity contribution in [3.05, 3.63) is 58.7 Å². The minimum absolute atomic E-state index is 0.0634. The second kappa shape index (κ2) is 7.78. The molecule has 0 unspecified atom stereocenters. The summed E-state index contributed by atoms with van der Waals surface area (Å²) < 4.78 is 16.9. The number of nitrogens with zero attached hydrogens (tertiary/aromatic N) is 5. The first-order valence-corrected chi connectivity index (χ1v) is 11.4. The molecule has 1 amide bonds. The van der Waals surface area contributed by atoms with E-state index in [0.717, 1.165) is 62.3 Å². The smallest absolute Gasteiger partial charge is 0.259 e. The lowest BCUT2D eigenvalue weighted by Crippen LogP contribution is -2.32. The van der Waals surface area contributed by atoms with Crippen molar-refractivity contribution in [1.82, 2.24) is 24.6 Å². The van der Waals surface area contributed by atoms with E-state index in [1.165, 1.54) is 18.9 Å². The standard InChI is InChI=1S/C24H25FN6O/c25-19-13-15-9-11-30(17-7-8-17)14-16(15)12-18(19)24(32)27-21-5-3-4-20(26-21)23-29-28-22-6-1-2-10-31(22)23/h3-5,12-13,17H,1-2,6-11,14H2,(H,26,27,32). The fourth-order valence-corrected chi connectivity index (χ4v) is 4.84. The zero-order valence-corrected chi connectivity index (χ0v) is 17.9. The molecule has 3 aromatic rings. The summed E-state index contributed by atoms with van der Waals surface area (Å²) in [7, 11) is 0. The number of fused-ring (bicyclic) bond motifs is 2. The zero-order valence-electron chi connectivity index (χ0n) is 17.9. The van der Waals surface area contributed by atoms with Crippen LogP contribution in [0.1, 0.15) is 53.0 Å². The van der Waals surface area contributed by atoms with Crippen LogP contribution in [0.2, 0.25) is 0 Å². The molecule has 0 saturated heterocycles. The van der Waals surface area contributed by atoms with Gasteiger partial charge in [0.25, 0.3) is 5.91 Å². The van der Waals surface area contributed by atoms with Crippen molar-refractivity contribution in [1.29, 1.82) is 0 Å². The Balaban J connectivity index is 1.24. The van der Waals surface area contributed by atoms with Crippen molar-refractivity contribution < 1.29 is 9.18 Å². The summed E-state index contributed by atoms with van der Waals surface area (Å²) in [5.41, 5.74) is 2.77. The van der Waals surface area contributed by atoms with Gasteiger partial charge in [0.05, 0.1) is 5.56 Å². The number of carbonyl (C=O) groups is 1. The maximum Gasteiger partial charge on any atom is 0.259 e. The maximum atomic E-state index is 14.8. The van der Waals surface area contributed by atoms with Crippen LogP contribution in [0.4, 0.5) is 10.2 Å². The summed E-state index contributed by atoms with van der Waals surface area (Å²) in [6.07, 6.45) is 6.43. The van der Waals surface area contributed by atoms with Gasteiger partial charge < -0.3 is 9.88 Å². The Labute approximate surface area is 185 Å². The number of halogens is 1. The van der Waals surface area contributed by atoms with Gasteiger partial charge in [0.1, 0.15) is 23.2 Å². The molecule has 0 spiro atoms. The number of carbonyl (C=O) groups excluding carboxylic acids is 1. The molecule has 7 nitrogen and oxygen atoms in total. The summed E-state index contributed by atoms with van der Waals surface area (Å²) in [5.74, 6) is 1.08. The lowest BCUT2D eigenvalue weighted by atomic mass is 9.96. The predicted octanol–water partition coefficient (Wildman–Crippen LogP) is 3.59. The van der Waals surface area contributed by atoms with E-state index in [2.05, 4.69) is 30.0 Å². The summed E-state index contributed by atoms with van der Waals surface area (Å²) in [6.45, 7) is 2.62. The Morgan fingerprint density at radius 3 is 2.84 bits per heavy atom. The third kappa shape index (κ3) is 3.58. The second-order valence-electron chi connectivity index (χ2n) is 8.96. The molecular formula is C24H25FN6O. The molecular weight excluding hydrogens is 407 g/mol. The molecule has 3 aliphatic rings. The summed E-state index contributed by atoms with van der Waals surface area (Å²) in [5, 5.41) is 11.4. The SMILES string of the molecule is O=C(Nc1cccc(-c2nnc3n2CCCC3)n1)c1cc2c(cc1F)CCN(C1CC1)C2. The summed E-state index contributed by atoms with van der Waals surface area (Å²) in [4.78, 5) is 19.9. The molecule has 8 heteroatoms. The lowest BCUT2D eigenvalue weighted by molar-refractivity contribution is 0.102. The number of hydrogen-bond acceptors (Lipinski definition) is 5. The Kier molecular flexibility index (Phi) is 4.75. The summed E-state index contributed by atoms with van der Waals surface area (Å²) in [6, 6.07) is 9.28. The highest BCUT2D eigenvalue weighted by Gasteiger charge is 2.32. The Morgan fingerprint density at radius 2 is 1.97 bits per heavy atom. The predicted molar refractivity (Wildman–Crippen MR) is 118 cm³/mol. The van der Waals surface area contributed by atoms with E-state index < -0.39 is 11.7 Å². The van der Waals surface area contributed by atoms with Crippen molar-refractivity contribution in [2.75, 3.05) is 11.9 Å². The van der Waals surface area contributed by atoms with Crippen LogP contribution in [-0.4, -0.2) is 43.1 Å². The topological polar surface area (TPSA) is 75.9 Å². The first-order chi connectivity index (χ1) is 15.7. The molecule has 0 radical (unpaired) electrons. The monoisotopic (exact) mass is 432 g/mol. The van der Waals surface area contributed by atoms with Gasteiger partial charge in [-0.25, -0.2) is 9.37 Å². The number of amides is 1. The number of anilines is 1. The van der Waals surface area contributed by atoms with Crippen molar-refractivity contribution in [2.45, 2.75) is 57.7 Å². The molecule has 32 heavy (non-hydrogen) atoms. The van der Waals surface area contributed by atoms with Crippen LogP contribution < -0.4 is 5.32 Å². The number of pyridine rings is 1. The van der Waals surface area contributed by atoms with Gasteiger partial charge in [-0.1, -0.05) is 6.07 Å². The molecule has 4 heterocycles.